The second-order valence-corrected chi connectivity index (χ2v) is 9.25. The maximum absolute atomic E-state index is 13.2. The van der Waals surface area contributed by atoms with Crippen molar-refractivity contribution in [2.75, 3.05) is 6.61 Å². The van der Waals surface area contributed by atoms with E-state index in [4.69, 9.17) is 14.2 Å². The number of carbonyl (C=O) groups is 4. The Morgan fingerprint density at radius 2 is 1.86 bits per heavy atom. The maximum Gasteiger partial charge on any atom is 0.332 e. The predicted octanol–water partition coefficient (Wildman–Crippen LogP) is 1.90. The van der Waals surface area contributed by atoms with Crippen molar-refractivity contribution >= 4 is 23.8 Å². The quantitative estimate of drug-likeness (QED) is 0.420. The molecule has 1 fully saturated rings. The molecule has 10 nitrogen and oxygen atoms in total. The Labute approximate surface area is 215 Å². The SMILES string of the molecule is Cc1c(CO)ccnc1C(=O)NC1COC(=O)[C@H](Cc2ccccc2)C(OC(=O)C(C)C)[C@H](C)OC1=O. The van der Waals surface area contributed by atoms with Crippen LogP contribution in [0.3, 0.4) is 0 Å². The monoisotopic (exact) mass is 512 g/mol. The van der Waals surface area contributed by atoms with Gasteiger partial charge >= 0.3 is 17.9 Å². The molecule has 3 rings (SSSR count). The lowest BCUT2D eigenvalue weighted by molar-refractivity contribution is -0.176. The summed E-state index contributed by atoms with van der Waals surface area (Å²) in [5, 5.41) is 12.0. The molecular weight excluding hydrogens is 480 g/mol. The molecule has 0 spiro atoms. The number of aromatic nitrogens is 1. The molecule has 1 amide bonds. The number of cyclic esters (lactones) is 2. The highest BCUT2D eigenvalue weighted by atomic mass is 16.6. The van der Waals surface area contributed by atoms with Crippen LogP contribution >= 0.6 is 0 Å². The summed E-state index contributed by atoms with van der Waals surface area (Å²) in [5.74, 6) is -4.20. The van der Waals surface area contributed by atoms with Crippen LogP contribution in [0.1, 0.15) is 48.0 Å². The summed E-state index contributed by atoms with van der Waals surface area (Å²) in [6, 6.07) is 9.40. The van der Waals surface area contributed by atoms with Gasteiger partial charge in [0.1, 0.15) is 24.3 Å². The average Bonchev–Trinajstić information content (AvgIpc) is 2.91. The molecule has 10 heteroatoms. The van der Waals surface area contributed by atoms with Crippen LogP contribution in [0.5, 0.6) is 0 Å². The van der Waals surface area contributed by atoms with Gasteiger partial charge in [0.25, 0.3) is 5.91 Å². The summed E-state index contributed by atoms with van der Waals surface area (Å²) >= 11 is 0. The number of ether oxygens (including phenoxy) is 3. The highest BCUT2D eigenvalue weighted by Crippen LogP contribution is 2.25. The van der Waals surface area contributed by atoms with Crippen LogP contribution in [-0.2, 0) is 41.6 Å². The highest BCUT2D eigenvalue weighted by Gasteiger charge is 2.42. The number of hydrogen-bond acceptors (Lipinski definition) is 9. The molecule has 1 aliphatic heterocycles. The number of aliphatic hydroxyl groups excluding tert-OH is 1. The minimum Gasteiger partial charge on any atom is -0.463 e. The molecule has 2 unspecified atom stereocenters. The van der Waals surface area contributed by atoms with E-state index in [1.54, 1.807) is 26.8 Å². The Kier molecular flexibility index (Phi) is 9.35. The van der Waals surface area contributed by atoms with E-state index in [9.17, 15) is 24.3 Å². The van der Waals surface area contributed by atoms with Crippen molar-refractivity contribution in [1.82, 2.24) is 10.3 Å². The average molecular weight is 513 g/mol. The van der Waals surface area contributed by atoms with E-state index in [0.29, 0.717) is 11.1 Å². The minimum atomic E-state index is -1.32. The summed E-state index contributed by atoms with van der Waals surface area (Å²) in [6.07, 6.45) is -0.553. The van der Waals surface area contributed by atoms with Gasteiger partial charge in [0.05, 0.1) is 12.5 Å². The zero-order chi connectivity index (χ0) is 27.1. The molecule has 1 aromatic heterocycles. The van der Waals surface area contributed by atoms with Gasteiger partial charge in [-0.25, -0.2) is 4.79 Å². The number of amides is 1. The second-order valence-electron chi connectivity index (χ2n) is 9.25. The Morgan fingerprint density at radius 3 is 2.51 bits per heavy atom. The number of carbonyl (C=O) groups excluding carboxylic acids is 4. The van der Waals surface area contributed by atoms with Gasteiger partial charge in [0.2, 0.25) is 0 Å². The van der Waals surface area contributed by atoms with Crippen molar-refractivity contribution in [3.05, 3.63) is 65.0 Å². The van der Waals surface area contributed by atoms with E-state index in [1.807, 2.05) is 30.3 Å². The van der Waals surface area contributed by atoms with Crippen molar-refractivity contribution in [2.24, 2.45) is 11.8 Å². The first kappa shape index (κ1) is 27.8. The van der Waals surface area contributed by atoms with E-state index < -0.39 is 60.5 Å². The van der Waals surface area contributed by atoms with Gasteiger partial charge < -0.3 is 24.6 Å². The third-order valence-electron chi connectivity index (χ3n) is 6.17. The van der Waals surface area contributed by atoms with E-state index in [-0.39, 0.29) is 18.7 Å². The van der Waals surface area contributed by atoms with E-state index in [2.05, 4.69) is 10.3 Å². The van der Waals surface area contributed by atoms with Gasteiger partial charge in [-0.15, -0.1) is 0 Å². The Bertz CT molecular complexity index is 1130. The van der Waals surface area contributed by atoms with Crippen LogP contribution in [0, 0.1) is 18.8 Å². The molecule has 0 saturated carbocycles. The number of rotatable bonds is 7. The van der Waals surface area contributed by atoms with Gasteiger partial charge in [-0.1, -0.05) is 44.2 Å². The summed E-state index contributed by atoms with van der Waals surface area (Å²) in [5.41, 5.74) is 1.79. The lowest BCUT2D eigenvalue weighted by Gasteiger charge is -2.29. The minimum absolute atomic E-state index is 0.0179. The first-order chi connectivity index (χ1) is 17.6. The molecule has 0 aliphatic carbocycles. The van der Waals surface area contributed by atoms with Crippen molar-refractivity contribution < 1.29 is 38.5 Å². The number of esters is 3. The van der Waals surface area contributed by atoms with Crippen molar-refractivity contribution in [3.63, 3.8) is 0 Å². The fourth-order valence-electron chi connectivity index (χ4n) is 3.95. The number of pyridine rings is 1. The van der Waals surface area contributed by atoms with E-state index in [1.165, 1.54) is 13.1 Å². The van der Waals surface area contributed by atoms with Crippen LogP contribution in [0.25, 0.3) is 0 Å². The molecule has 4 atom stereocenters. The number of nitrogens with zero attached hydrogens (tertiary/aromatic N) is 1. The van der Waals surface area contributed by atoms with Crippen LogP contribution in [-0.4, -0.2) is 58.8 Å². The molecule has 2 heterocycles. The lowest BCUT2D eigenvalue weighted by Crippen LogP contribution is -2.47. The first-order valence-corrected chi connectivity index (χ1v) is 12.1. The topological polar surface area (TPSA) is 141 Å². The van der Waals surface area contributed by atoms with Crippen molar-refractivity contribution in [2.45, 2.75) is 59.0 Å². The van der Waals surface area contributed by atoms with Gasteiger partial charge in [0.15, 0.2) is 12.1 Å². The molecule has 2 N–H and O–H groups in total. The summed E-state index contributed by atoms with van der Waals surface area (Å²) < 4.78 is 16.7. The fraction of sp³-hybridized carbons (Fsp3) is 0.444. The van der Waals surface area contributed by atoms with Crippen molar-refractivity contribution in [1.29, 1.82) is 0 Å². The fourth-order valence-corrected chi connectivity index (χ4v) is 3.95. The molecule has 1 saturated heterocycles. The van der Waals surface area contributed by atoms with Crippen LogP contribution in [0.2, 0.25) is 0 Å². The number of nitrogens with one attached hydrogen (secondary N) is 1. The van der Waals surface area contributed by atoms with Gasteiger partial charge in [0, 0.05) is 6.20 Å². The Balaban J connectivity index is 1.87. The summed E-state index contributed by atoms with van der Waals surface area (Å²) in [4.78, 5) is 55.7. The van der Waals surface area contributed by atoms with Gasteiger partial charge in [-0.3, -0.25) is 19.4 Å². The molecule has 0 bridgehead atoms. The summed E-state index contributed by atoms with van der Waals surface area (Å²) in [6.45, 7) is 5.71. The molecule has 1 aliphatic rings. The largest absolute Gasteiger partial charge is 0.463 e. The molecular formula is C27H32N2O8. The first-order valence-electron chi connectivity index (χ1n) is 12.1. The van der Waals surface area contributed by atoms with E-state index >= 15 is 0 Å². The number of benzene rings is 1. The summed E-state index contributed by atoms with van der Waals surface area (Å²) in [7, 11) is 0. The van der Waals surface area contributed by atoms with Crippen LogP contribution in [0.4, 0.5) is 0 Å². The molecule has 198 valence electrons. The number of aliphatic hydroxyl groups is 1. The molecule has 2 aromatic rings. The third-order valence-corrected chi connectivity index (χ3v) is 6.17. The van der Waals surface area contributed by atoms with Gasteiger partial charge in [-0.05, 0) is 43.0 Å². The van der Waals surface area contributed by atoms with Crippen molar-refractivity contribution in [3.8, 4) is 0 Å². The zero-order valence-electron chi connectivity index (χ0n) is 21.3. The zero-order valence-corrected chi connectivity index (χ0v) is 21.3. The van der Waals surface area contributed by atoms with Crippen LogP contribution < -0.4 is 5.32 Å². The molecule has 0 radical (unpaired) electrons. The lowest BCUT2D eigenvalue weighted by atomic mass is 9.91. The Hall–Kier alpha value is -3.79. The standard InChI is InChI=1S/C27H32N2O8/c1-15(2)25(32)37-23-17(4)36-27(34)21(29-24(31)22-16(3)19(13-30)10-11-28-22)14-35-26(33)20(23)12-18-8-6-5-7-9-18/h5-11,15,17,20-21,23,30H,12-14H2,1-4H3,(H,29,31)/t17-,20+,21?,23?/m0/s1. The van der Waals surface area contributed by atoms with Crippen LogP contribution in [0.15, 0.2) is 42.6 Å². The second kappa shape index (κ2) is 12.4. The smallest absolute Gasteiger partial charge is 0.332 e. The number of hydrogen-bond donors (Lipinski definition) is 2. The molecule has 37 heavy (non-hydrogen) atoms. The third kappa shape index (κ3) is 6.91. The van der Waals surface area contributed by atoms with E-state index in [0.717, 1.165) is 5.56 Å². The molecule has 1 aromatic carbocycles. The maximum atomic E-state index is 13.2. The highest BCUT2D eigenvalue weighted by molar-refractivity contribution is 5.96. The Morgan fingerprint density at radius 1 is 1.16 bits per heavy atom. The predicted molar refractivity (Wildman–Crippen MR) is 131 cm³/mol. The normalized spacial score (nSPS) is 22.2. The van der Waals surface area contributed by atoms with Gasteiger partial charge in [-0.2, -0.15) is 0 Å².